The number of anilines is 1. The Balaban J connectivity index is 2.17. The minimum Gasteiger partial charge on any atom is -0.396 e. The third kappa shape index (κ3) is 2.03. The zero-order valence-electron chi connectivity index (χ0n) is 9.65. The summed E-state index contributed by atoms with van der Waals surface area (Å²) in [5, 5.41) is 4.00. The van der Waals surface area contributed by atoms with Crippen molar-refractivity contribution in [2.24, 2.45) is 7.05 Å². The Hall–Kier alpha value is -1.52. The fourth-order valence-electron chi connectivity index (χ4n) is 2.14. The molecular formula is C11H18N4O. The minimum atomic E-state index is 0.0133. The van der Waals surface area contributed by atoms with Gasteiger partial charge in [0.05, 0.1) is 11.9 Å². The quantitative estimate of drug-likeness (QED) is 0.771. The Bertz CT molecular complexity index is 358. The van der Waals surface area contributed by atoms with Gasteiger partial charge >= 0.3 is 0 Å². The molecule has 0 saturated carbocycles. The second-order valence-corrected chi connectivity index (χ2v) is 4.28. The van der Waals surface area contributed by atoms with Gasteiger partial charge in [-0.3, -0.25) is 9.48 Å². The molecule has 0 bridgehead atoms. The molecule has 5 heteroatoms. The maximum Gasteiger partial charge on any atom is 0.274 e. The monoisotopic (exact) mass is 222 g/mol. The van der Waals surface area contributed by atoms with Crippen molar-refractivity contribution >= 4 is 11.6 Å². The number of amides is 1. The van der Waals surface area contributed by atoms with Crippen LogP contribution in [0.5, 0.6) is 0 Å². The topological polar surface area (TPSA) is 64.2 Å². The molecule has 5 nitrogen and oxygen atoms in total. The molecule has 0 spiro atoms. The largest absolute Gasteiger partial charge is 0.396 e. The van der Waals surface area contributed by atoms with Gasteiger partial charge in [0.15, 0.2) is 0 Å². The first-order valence-corrected chi connectivity index (χ1v) is 5.77. The number of carbonyl (C=O) groups excluding carboxylic acids is 1. The van der Waals surface area contributed by atoms with Gasteiger partial charge in [0, 0.05) is 20.1 Å². The maximum atomic E-state index is 12.2. The third-order valence-electron chi connectivity index (χ3n) is 3.06. The number of nitrogen functional groups attached to an aromatic ring is 1. The van der Waals surface area contributed by atoms with Gasteiger partial charge in [0.2, 0.25) is 0 Å². The Morgan fingerprint density at radius 3 is 2.44 bits per heavy atom. The number of hydrogen-bond acceptors (Lipinski definition) is 3. The van der Waals surface area contributed by atoms with Crippen molar-refractivity contribution in [3.63, 3.8) is 0 Å². The second kappa shape index (κ2) is 4.55. The summed E-state index contributed by atoms with van der Waals surface area (Å²) in [5.74, 6) is 0.0133. The lowest BCUT2D eigenvalue weighted by Crippen LogP contribution is -2.33. The van der Waals surface area contributed by atoms with Crippen LogP contribution in [0, 0.1) is 0 Å². The van der Waals surface area contributed by atoms with Gasteiger partial charge in [-0.2, -0.15) is 5.10 Å². The van der Waals surface area contributed by atoms with Crippen molar-refractivity contribution in [3.05, 3.63) is 11.9 Å². The highest BCUT2D eigenvalue weighted by Crippen LogP contribution is 2.16. The number of aromatic nitrogens is 2. The van der Waals surface area contributed by atoms with Crippen molar-refractivity contribution in [3.8, 4) is 0 Å². The lowest BCUT2D eigenvalue weighted by atomic mass is 10.2. The minimum absolute atomic E-state index is 0.0133. The summed E-state index contributed by atoms with van der Waals surface area (Å²) in [6.07, 6.45) is 6.13. The van der Waals surface area contributed by atoms with Crippen molar-refractivity contribution in [2.45, 2.75) is 25.7 Å². The molecule has 0 atom stereocenters. The Labute approximate surface area is 95.2 Å². The predicted molar refractivity (Wildman–Crippen MR) is 62.0 cm³/mol. The van der Waals surface area contributed by atoms with Crippen LogP contribution in [0.25, 0.3) is 0 Å². The van der Waals surface area contributed by atoms with Crippen molar-refractivity contribution in [1.82, 2.24) is 14.7 Å². The molecule has 1 fully saturated rings. The molecule has 88 valence electrons. The summed E-state index contributed by atoms with van der Waals surface area (Å²) >= 11 is 0. The van der Waals surface area contributed by atoms with Crippen LogP contribution >= 0.6 is 0 Å². The summed E-state index contributed by atoms with van der Waals surface area (Å²) in [6, 6.07) is 0. The Morgan fingerprint density at radius 2 is 1.94 bits per heavy atom. The van der Waals surface area contributed by atoms with Crippen LogP contribution in [0.1, 0.15) is 36.2 Å². The van der Waals surface area contributed by atoms with Crippen LogP contribution in [0.15, 0.2) is 6.20 Å². The molecule has 2 N–H and O–H groups in total. The molecule has 1 aromatic heterocycles. The number of rotatable bonds is 1. The van der Waals surface area contributed by atoms with Crippen LogP contribution in [0.4, 0.5) is 5.69 Å². The molecule has 2 heterocycles. The molecule has 1 aliphatic heterocycles. The number of hydrogen-bond donors (Lipinski definition) is 1. The molecule has 2 rings (SSSR count). The van der Waals surface area contributed by atoms with Crippen LogP contribution in [0.3, 0.4) is 0 Å². The lowest BCUT2D eigenvalue weighted by molar-refractivity contribution is 0.0751. The average molecular weight is 222 g/mol. The first kappa shape index (κ1) is 11.0. The molecular weight excluding hydrogens is 204 g/mol. The zero-order valence-corrected chi connectivity index (χ0v) is 9.65. The predicted octanol–water partition coefficient (Wildman–Crippen LogP) is 1.02. The number of nitrogens with zero attached hydrogens (tertiary/aromatic N) is 3. The van der Waals surface area contributed by atoms with Crippen LogP contribution in [-0.2, 0) is 7.05 Å². The van der Waals surface area contributed by atoms with Gasteiger partial charge in [-0.1, -0.05) is 12.8 Å². The summed E-state index contributed by atoms with van der Waals surface area (Å²) in [6.45, 7) is 1.67. The van der Waals surface area contributed by atoms with Crippen molar-refractivity contribution < 1.29 is 4.79 Å². The molecule has 0 radical (unpaired) electrons. The molecule has 0 unspecified atom stereocenters. The van der Waals surface area contributed by atoms with E-state index in [2.05, 4.69) is 5.10 Å². The standard InChI is InChI=1S/C11H18N4O/c1-14-10(9(12)8-13-14)11(16)15-6-4-2-3-5-7-15/h8H,2-7,12H2,1H3. The average Bonchev–Trinajstić information content (AvgIpc) is 2.51. The second-order valence-electron chi connectivity index (χ2n) is 4.28. The summed E-state index contributed by atoms with van der Waals surface area (Å²) in [5.41, 5.74) is 6.74. The van der Waals surface area contributed by atoms with Crippen LogP contribution < -0.4 is 5.73 Å². The van der Waals surface area contributed by atoms with Crippen LogP contribution in [-0.4, -0.2) is 33.7 Å². The Kier molecular flexibility index (Phi) is 3.12. The maximum absolute atomic E-state index is 12.2. The zero-order chi connectivity index (χ0) is 11.5. The molecule has 0 aromatic carbocycles. The summed E-state index contributed by atoms with van der Waals surface area (Å²) < 4.78 is 1.56. The van der Waals surface area contributed by atoms with Gasteiger partial charge in [0.1, 0.15) is 5.69 Å². The van der Waals surface area contributed by atoms with Crippen molar-refractivity contribution in [1.29, 1.82) is 0 Å². The molecule has 1 aromatic rings. The molecule has 16 heavy (non-hydrogen) atoms. The number of nitrogens with two attached hydrogens (primary N) is 1. The molecule has 0 aliphatic carbocycles. The van der Waals surface area contributed by atoms with E-state index in [9.17, 15) is 4.79 Å². The van der Waals surface area contributed by atoms with Gasteiger partial charge in [-0.25, -0.2) is 0 Å². The van der Waals surface area contributed by atoms with E-state index in [1.54, 1.807) is 11.7 Å². The highest BCUT2D eigenvalue weighted by Gasteiger charge is 2.22. The van der Waals surface area contributed by atoms with E-state index in [4.69, 9.17) is 5.73 Å². The third-order valence-corrected chi connectivity index (χ3v) is 3.06. The van der Waals surface area contributed by atoms with Crippen LogP contribution in [0.2, 0.25) is 0 Å². The first-order chi connectivity index (χ1) is 7.70. The number of carbonyl (C=O) groups is 1. The van der Waals surface area contributed by atoms with E-state index in [0.29, 0.717) is 11.4 Å². The smallest absolute Gasteiger partial charge is 0.274 e. The van der Waals surface area contributed by atoms with E-state index in [0.717, 1.165) is 25.9 Å². The van der Waals surface area contributed by atoms with Crippen molar-refractivity contribution in [2.75, 3.05) is 18.8 Å². The summed E-state index contributed by atoms with van der Waals surface area (Å²) in [7, 11) is 1.75. The first-order valence-electron chi connectivity index (χ1n) is 5.77. The number of likely N-dealkylation sites (tertiary alicyclic amines) is 1. The fraction of sp³-hybridized carbons (Fsp3) is 0.636. The lowest BCUT2D eigenvalue weighted by Gasteiger charge is -2.20. The number of aryl methyl sites for hydroxylation is 1. The van der Waals surface area contributed by atoms with E-state index >= 15 is 0 Å². The highest BCUT2D eigenvalue weighted by atomic mass is 16.2. The van der Waals surface area contributed by atoms with E-state index < -0.39 is 0 Å². The normalized spacial score (nSPS) is 17.2. The fourth-order valence-corrected chi connectivity index (χ4v) is 2.14. The van der Waals surface area contributed by atoms with E-state index in [-0.39, 0.29) is 5.91 Å². The van der Waals surface area contributed by atoms with Gasteiger partial charge in [-0.15, -0.1) is 0 Å². The van der Waals surface area contributed by atoms with E-state index in [1.807, 2.05) is 4.90 Å². The Morgan fingerprint density at radius 1 is 1.31 bits per heavy atom. The summed E-state index contributed by atoms with van der Waals surface area (Å²) in [4.78, 5) is 14.1. The van der Waals surface area contributed by atoms with E-state index in [1.165, 1.54) is 19.0 Å². The highest BCUT2D eigenvalue weighted by molar-refractivity contribution is 5.97. The molecule has 1 amide bonds. The van der Waals surface area contributed by atoms with Gasteiger partial charge in [-0.05, 0) is 12.8 Å². The SMILES string of the molecule is Cn1ncc(N)c1C(=O)N1CCCCCC1. The van der Waals surface area contributed by atoms with Gasteiger partial charge in [0.25, 0.3) is 5.91 Å². The molecule has 1 aliphatic rings. The molecule has 1 saturated heterocycles. The van der Waals surface area contributed by atoms with Gasteiger partial charge < -0.3 is 10.6 Å².